The number of thiocarbonyl (C=S) groups is 1. The van der Waals surface area contributed by atoms with Crippen LogP contribution in [0.2, 0.25) is 0 Å². The van der Waals surface area contributed by atoms with Crippen molar-refractivity contribution in [3.05, 3.63) is 108 Å². The number of aromatic nitrogens is 4. The molecular formula is C24H22N6S. The fraction of sp³-hybridized carbons (Fsp3) is 0.167. The Morgan fingerprint density at radius 2 is 1.77 bits per heavy atom. The lowest BCUT2D eigenvalue weighted by molar-refractivity contribution is 0.301. The minimum Gasteiger partial charge on any atom is -0.352 e. The molecule has 1 aliphatic rings. The lowest BCUT2D eigenvalue weighted by atomic mass is 10.0. The molecule has 0 radical (unpaired) electrons. The zero-order valence-corrected chi connectivity index (χ0v) is 17.9. The summed E-state index contributed by atoms with van der Waals surface area (Å²) in [5.74, 6) is 0. The Bertz CT molecular complexity index is 1180. The average molecular weight is 427 g/mol. The van der Waals surface area contributed by atoms with Gasteiger partial charge in [-0.25, -0.2) is 0 Å². The summed E-state index contributed by atoms with van der Waals surface area (Å²) in [7, 11) is 0. The molecule has 5 heterocycles. The molecule has 6 nitrogen and oxygen atoms in total. The summed E-state index contributed by atoms with van der Waals surface area (Å²) < 4.78 is 2.25. The minimum absolute atomic E-state index is 0.0449. The van der Waals surface area contributed by atoms with E-state index >= 15 is 0 Å². The second-order valence-corrected chi connectivity index (χ2v) is 7.95. The van der Waals surface area contributed by atoms with E-state index in [0.717, 1.165) is 28.3 Å². The van der Waals surface area contributed by atoms with Crippen LogP contribution in [0.5, 0.6) is 0 Å². The first-order chi connectivity index (χ1) is 15.2. The van der Waals surface area contributed by atoms with Crippen molar-refractivity contribution in [2.75, 3.05) is 0 Å². The molecule has 31 heavy (non-hydrogen) atoms. The van der Waals surface area contributed by atoms with E-state index in [1.54, 1.807) is 12.4 Å². The van der Waals surface area contributed by atoms with Gasteiger partial charge in [0.2, 0.25) is 0 Å². The minimum atomic E-state index is -0.0740. The summed E-state index contributed by atoms with van der Waals surface area (Å²) in [6.07, 6.45) is 9.18. The number of nitrogens with one attached hydrogen (secondary N) is 1. The summed E-state index contributed by atoms with van der Waals surface area (Å²) in [5.41, 5.74) is 5.37. The number of aryl methyl sites for hydroxylation is 1. The van der Waals surface area contributed by atoms with Crippen molar-refractivity contribution in [1.29, 1.82) is 0 Å². The molecule has 0 unspecified atom stereocenters. The van der Waals surface area contributed by atoms with Crippen LogP contribution in [0.25, 0.3) is 5.69 Å². The molecule has 0 aromatic carbocycles. The van der Waals surface area contributed by atoms with Gasteiger partial charge in [-0.1, -0.05) is 12.1 Å². The van der Waals surface area contributed by atoms with Gasteiger partial charge < -0.3 is 14.8 Å². The van der Waals surface area contributed by atoms with E-state index in [0.29, 0.717) is 11.7 Å². The van der Waals surface area contributed by atoms with Crippen molar-refractivity contribution in [3.8, 4) is 5.69 Å². The molecule has 2 atom stereocenters. The maximum Gasteiger partial charge on any atom is 0.170 e. The molecule has 1 aliphatic heterocycles. The highest BCUT2D eigenvalue weighted by Crippen LogP contribution is 2.40. The van der Waals surface area contributed by atoms with Crippen LogP contribution in [0.15, 0.2) is 85.6 Å². The highest BCUT2D eigenvalue weighted by atomic mass is 32.1. The van der Waals surface area contributed by atoms with Gasteiger partial charge >= 0.3 is 0 Å². The molecule has 0 spiro atoms. The van der Waals surface area contributed by atoms with Crippen LogP contribution in [0.4, 0.5) is 0 Å². The Balaban J connectivity index is 1.63. The number of hydrogen-bond donors (Lipinski definition) is 1. The average Bonchev–Trinajstić information content (AvgIpc) is 3.35. The third-order valence-corrected chi connectivity index (χ3v) is 5.94. The van der Waals surface area contributed by atoms with Gasteiger partial charge in [0.1, 0.15) is 0 Å². The van der Waals surface area contributed by atoms with Crippen molar-refractivity contribution in [1.82, 2.24) is 29.7 Å². The van der Waals surface area contributed by atoms with E-state index in [1.807, 2.05) is 48.9 Å². The topological polar surface area (TPSA) is 58.9 Å². The van der Waals surface area contributed by atoms with Crippen LogP contribution >= 0.6 is 12.2 Å². The SMILES string of the molecule is Cc1ccc([C@H]2[C@H](c3ccccn3)NC(=S)N2Cc2cccnc2)n1-c1cccnc1. The van der Waals surface area contributed by atoms with Crippen molar-refractivity contribution < 1.29 is 0 Å². The van der Waals surface area contributed by atoms with Gasteiger partial charge in [0, 0.05) is 42.7 Å². The second kappa shape index (κ2) is 8.28. The van der Waals surface area contributed by atoms with Crippen LogP contribution < -0.4 is 5.32 Å². The van der Waals surface area contributed by atoms with Crippen molar-refractivity contribution >= 4 is 17.3 Å². The monoisotopic (exact) mass is 426 g/mol. The van der Waals surface area contributed by atoms with Crippen molar-refractivity contribution in [3.63, 3.8) is 0 Å². The lowest BCUT2D eigenvalue weighted by Gasteiger charge is -2.29. The van der Waals surface area contributed by atoms with Crippen LogP contribution in [-0.4, -0.2) is 29.5 Å². The van der Waals surface area contributed by atoms with E-state index < -0.39 is 0 Å². The molecule has 1 saturated heterocycles. The predicted octanol–water partition coefficient (Wildman–Crippen LogP) is 4.14. The van der Waals surface area contributed by atoms with Gasteiger partial charge in [0.05, 0.1) is 29.7 Å². The van der Waals surface area contributed by atoms with Gasteiger partial charge in [-0.15, -0.1) is 0 Å². The Labute approximate surface area is 186 Å². The first kappa shape index (κ1) is 19.4. The Hall–Kier alpha value is -3.58. The molecule has 0 saturated carbocycles. The number of nitrogens with zero attached hydrogens (tertiary/aromatic N) is 5. The maximum absolute atomic E-state index is 5.81. The molecule has 0 amide bonds. The molecule has 4 aromatic rings. The van der Waals surface area contributed by atoms with Gasteiger partial charge in [0.25, 0.3) is 0 Å². The Morgan fingerprint density at radius 1 is 0.935 bits per heavy atom. The zero-order valence-electron chi connectivity index (χ0n) is 17.1. The van der Waals surface area contributed by atoms with Gasteiger partial charge in [-0.05, 0) is 67.2 Å². The smallest absolute Gasteiger partial charge is 0.170 e. The molecule has 1 fully saturated rings. The van der Waals surface area contributed by atoms with E-state index in [4.69, 9.17) is 12.2 Å². The van der Waals surface area contributed by atoms with E-state index in [1.165, 1.54) is 0 Å². The Kier molecular flexibility index (Phi) is 5.18. The number of rotatable bonds is 5. The van der Waals surface area contributed by atoms with Crippen molar-refractivity contribution in [2.45, 2.75) is 25.6 Å². The quantitative estimate of drug-likeness (QED) is 0.484. The molecular weight excluding hydrogens is 404 g/mol. The summed E-state index contributed by atoms with van der Waals surface area (Å²) in [6.45, 7) is 2.77. The van der Waals surface area contributed by atoms with Crippen LogP contribution in [0, 0.1) is 6.92 Å². The number of pyridine rings is 3. The zero-order chi connectivity index (χ0) is 21.2. The second-order valence-electron chi connectivity index (χ2n) is 7.56. The van der Waals surface area contributed by atoms with Crippen LogP contribution in [-0.2, 0) is 6.54 Å². The summed E-state index contributed by atoms with van der Waals surface area (Å²) in [4.78, 5) is 15.5. The van der Waals surface area contributed by atoms with Gasteiger partial charge in [-0.3, -0.25) is 15.0 Å². The first-order valence-electron chi connectivity index (χ1n) is 10.2. The molecule has 154 valence electrons. The Morgan fingerprint density at radius 3 is 2.48 bits per heavy atom. The summed E-state index contributed by atoms with van der Waals surface area (Å²) in [5, 5.41) is 4.23. The molecule has 4 aromatic heterocycles. The normalized spacial score (nSPS) is 18.2. The number of hydrogen-bond acceptors (Lipinski definition) is 4. The standard InChI is InChI=1S/C24H22N6S/c1-17-9-10-21(30(17)19-7-5-12-26-15-19)23-22(20-8-2-3-13-27-20)28-24(31)29(23)16-18-6-4-11-25-14-18/h2-15,22-23H,16H2,1H3,(H,28,31)/t22-,23-/m0/s1. The van der Waals surface area contributed by atoms with Gasteiger partial charge in [-0.2, -0.15) is 0 Å². The third kappa shape index (κ3) is 3.68. The predicted molar refractivity (Wildman–Crippen MR) is 124 cm³/mol. The summed E-state index contributed by atoms with van der Waals surface area (Å²) in [6, 6.07) is 18.3. The van der Waals surface area contributed by atoms with Gasteiger partial charge in [0.15, 0.2) is 5.11 Å². The molecule has 0 aliphatic carbocycles. The lowest BCUT2D eigenvalue weighted by Crippen LogP contribution is -2.30. The molecule has 0 bridgehead atoms. The van der Waals surface area contributed by atoms with E-state index in [-0.39, 0.29) is 12.1 Å². The first-order valence-corrected chi connectivity index (χ1v) is 10.6. The third-order valence-electron chi connectivity index (χ3n) is 5.59. The van der Waals surface area contributed by atoms with Crippen LogP contribution in [0.3, 0.4) is 0 Å². The van der Waals surface area contributed by atoms with Crippen LogP contribution in [0.1, 0.15) is 34.7 Å². The maximum atomic E-state index is 5.81. The summed E-state index contributed by atoms with van der Waals surface area (Å²) >= 11 is 5.81. The fourth-order valence-corrected chi connectivity index (χ4v) is 4.52. The van der Waals surface area contributed by atoms with E-state index in [9.17, 15) is 0 Å². The fourth-order valence-electron chi connectivity index (χ4n) is 4.21. The highest BCUT2D eigenvalue weighted by Gasteiger charge is 2.41. The molecule has 1 N–H and O–H groups in total. The molecule has 7 heteroatoms. The highest BCUT2D eigenvalue weighted by molar-refractivity contribution is 7.80. The molecule has 5 rings (SSSR count). The largest absolute Gasteiger partial charge is 0.352 e. The van der Waals surface area contributed by atoms with E-state index in [2.05, 4.69) is 60.9 Å². The van der Waals surface area contributed by atoms with Crippen molar-refractivity contribution in [2.24, 2.45) is 0 Å².